The molecule has 0 aromatic heterocycles. The standard InChI is InChI=1S/C20H15N3O7S2/c21-13-5-7-15-12(8-13)9-18(32(28,29)30)19(20(15)24)23-22-17-3-1-2-11-4-6-14(10-16(11)17)31(25,26)27/h1-10,24H,21H2,(H,25,26,27)(H,28,29,30). The number of fused-ring (bicyclic) bond motifs is 2. The molecule has 4 aromatic carbocycles. The molecule has 0 aliphatic carbocycles. The van der Waals surface area contributed by atoms with E-state index < -0.39 is 36.6 Å². The summed E-state index contributed by atoms with van der Waals surface area (Å²) in [7, 11) is -9.27. The Morgan fingerprint density at radius 2 is 1.50 bits per heavy atom. The van der Waals surface area contributed by atoms with Crippen molar-refractivity contribution in [3.05, 3.63) is 60.7 Å². The van der Waals surface area contributed by atoms with Gasteiger partial charge in [0.2, 0.25) is 0 Å². The van der Waals surface area contributed by atoms with Crippen molar-refractivity contribution in [2.24, 2.45) is 10.2 Å². The number of aromatic hydroxyl groups is 1. The molecule has 0 radical (unpaired) electrons. The first kappa shape index (κ1) is 21.6. The molecule has 4 aromatic rings. The van der Waals surface area contributed by atoms with Crippen LogP contribution in [0.5, 0.6) is 5.75 Å². The minimum absolute atomic E-state index is 0.131. The van der Waals surface area contributed by atoms with E-state index >= 15 is 0 Å². The van der Waals surface area contributed by atoms with Crippen molar-refractivity contribution in [2.75, 3.05) is 5.73 Å². The maximum absolute atomic E-state index is 11.9. The molecule has 0 amide bonds. The van der Waals surface area contributed by atoms with Gasteiger partial charge in [-0.1, -0.05) is 18.2 Å². The number of hydrogen-bond acceptors (Lipinski definition) is 8. The van der Waals surface area contributed by atoms with Crippen LogP contribution >= 0.6 is 0 Å². The van der Waals surface area contributed by atoms with Gasteiger partial charge in [0.25, 0.3) is 20.2 Å². The molecule has 0 spiro atoms. The molecular formula is C20H15N3O7S2. The third-order valence-electron chi connectivity index (χ3n) is 4.74. The highest BCUT2D eigenvalue weighted by Gasteiger charge is 2.22. The highest BCUT2D eigenvalue weighted by molar-refractivity contribution is 7.86. The number of benzene rings is 4. The molecule has 0 aliphatic rings. The lowest BCUT2D eigenvalue weighted by atomic mass is 10.1. The first-order chi connectivity index (χ1) is 14.9. The predicted molar refractivity (Wildman–Crippen MR) is 118 cm³/mol. The van der Waals surface area contributed by atoms with Gasteiger partial charge in [-0.15, -0.1) is 10.2 Å². The Morgan fingerprint density at radius 3 is 2.19 bits per heavy atom. The zero-order valence-corrected chi connectivity index (χ0v) is 17.7. The topological polar surface area (TPSA) is 180 Å². The summed E-state index contributed by atoms with van der Waals surface area (Å²) in [6, 6.07) is 14.1. The first-order valence-electron chi connectivity index (χ1n) is 8.90. The van der Waals surface area contributed by atoms with Crippen LogP contribution in [0.2, 0.25) is 0 Å². The number of nitrogen functional groups attached to an aromatic ring is 1. The van der Waals surface area contributed by atoms with Gasteiger partial charge in [0.1, 0.15) is 10.6 Å². The lowest BCUT2D eigenvalue weighted by molar-refractivity contribution is 0.472. The third kappa shape index (κ3) is 3.99. The van der Waals surface area contributed by atoms with Crippen LogP contribution in [0.1, 0.15) is 0 Å². The van der Waals surface area contributed by atoms with E-state index in [4.69, 9.17) is 5.73 Å². The Balaban J connectivity index is 1.95. The molecule has 0 atom stereocenters. The fourth-order valence-corrected chi connectivity index (χ4v) is 4.41. The van der Waals surface area contributed by atoms with Gasteiger partial charge in [-0.3, -0.25) is 9.11 Å². The van der Waals surface area contributed by atoms with Gasteiger partial charge in [0.15, 0.2) is 5.75 Å². The second-order valence-corrected chi connectivity index (χ2v) is 9.67. The minimum Gasteiger partial charge on any atom is -0.505 e. The highest BCUT2D eigenvalue weighted by atomic mass is 32.2. The molecule has 164 valence electrons. The molecule has 0 saturated heterocycles. The van der Waals surface area contributed by atoms with Crippen molar-refractivity contribution in [3.8, 4) is 5.75 Å². The van der Waals surface area contributed by atoms with Crippen molar-refractivity contribution in [1.29, 1.82) is 0 Å². The van der Waals surface area contributed by atoms with Crippen LogP contribution in [-0.2, 0) is 20.2 Å². The highest BCUT2D eigenvalue weighted by Crippen LogP contribution is 2.42. The second-order valence-electron chi connectivity index (χ2n) is 6.86. The van der Waals surface area contributed by atoms with Crippen LogP contribution in [-0.4, -0.2) is 31.0 Å². The van der Waals surface area contributed by atoms with E-state index in [1.807, 2.05) is 0 Å². The summed E-state index contributed by atoms with van der Waals surface area (Å²) in [5.41, 5.74) is 5.65. The van der Waals surface area contributed by atoms with Gasteiger partial charge in [0.05, 0.1) is 10.6 Å². The summed E-state index contributed by atoms with van der Waals surface area (Å²) < 4.78 is 65.8. The monoisotopic (exact) mass is 473 g/mol. The molecule has 12 heteroatoms. The zero-order valence-electron chi connectivity index (χ0n) is 16.0. The minimum atomic E-state index is -4.80. The lowest BCUT2D eigenvalue weighted by Crippen LogP contribution is -1.99. The van der Waals surface area contributed by atoms with E-state index in [-0.39, 0.29) is 21.4 Å². The summed E-state index contributed by atoms with van der Waals surface area (Å²) >= 11 is 0. The van der Waals surface area contributed by atoms with E-state index in [9.17, 15) is 31.0 Å². The van der Waals surface area contributed by atoms with Gasteiger partial charge >= 0.3 is 0 Å². The van der Waals surface area contributed by atoms with Crippen molar-refractivity contribution in [3.63, 3.8) is 0 Å². The normalized spacial score (nSPS) is 12.7. The van der Waals surface area contributed by atoms with Gasteiger partial charge in [-0.05, 0) is 53.2 Å². The number of nitrogens with two attached hydrogens (primary N) is 1. The number of azo groups is 1. The quantitative estimate of drug-likeness (QED) is 0.193. The van der Waals surface area contributed by atoms with E-state index in [0.717, 1.165) is 6.07 Å². The molecule has 0 saturated carbocycles. The maximum atomic E-state index is 11.9. The van der Waals surface area contributed by atoms with E-state index in [1.54, 1.807) is 12.1 Å². The number of rotatable bonds is 4. The number of nitrogens with zero attached hydrogens (tertiary/aromatic N) is 2. The average molecular weight is 473 g/mol. The lowest BCUT2D eigenvalue weighted by Gasteiger charge is -2.09. The largest absolute Gasteiger partial charge is 0.505 e. The van der Waals surface area contributed by atoms with E-state index in [0.29, 0.717) is 16.5 Å². The molecule has 0 aliphatic heterocycles. The van der Waals surface area contributed by atoms with Crippen LogP contribution < -0.4 is 5.73 Å². The van der Waals surface area contributed by atoms with Crippen LogP contribution in [0.25, 0.3) is 21.5 Å². The summed E-state index contributed by atoms with van der Waals surface area (Å²) in [5.74, 6) is -0.544. The van der Waals surface area contributed by atoms with Crippen LogP contribution in [0, 0.1) is 0 Å². The van der Waals surface area contributed by atoms with Gasteiger partial charge in [0, 0.05) is 16.5 Å². The van der Waals surface area contributed by atoms with Crippen LogP contribution in [0.15, 0.2) is 80.7 Å². The Kier molecular flexibility index (Phi) is 5.09. The van der Waals surface area contributed by atoms with E-state index in [1.165, 1.54) is 42.5 Å². The Hall–Kier alpha value is -3.58. The van der Waals surface area contributed by atoms with Gasteiger partial charge < -0.3 is 10.8 Å². The van der Waals surface area contributed by atoms with Crippen molar-refractivity contribution in [2.45, 2.75) is 9.79 Å². The molecule has 0 fully saturated rings. The first-order valence-corrected chi connectivity index (χ1v) is 11.8. The van der Waals surface area contributed by atoms with Gasteiger partial charge in [-0.2, -0.15) is 16.8 Å². The fraction of sp³-hybridized carbons (Fsp3) is 0. The number of anilines is 1. The predicted octanol–water partition coefficient (Wildman–Crippen LogP) is 4.19. The van der Waals surface area contributed by atoms with Crippen LogP contribution in [0.3, 0.4) is 0 Å². The molecule has 0 bridgehead atoms. The molecule has 0 heterocycles. The maximum Gasteiger partial charge on any atom is 0.296 e. The van der Waals surface area contributed by atoms with E-state index in [2.05, 4.69) is 10.2 Å². The van der Waals surface area contributed by atoms with Crippen molar-refractivity contribution < 1.29 is 31.0 Å². The van der Waals surface area contributed by atoms with Crippen molar-refractivity contribution >= 4 is 58.8 Å². The Bertz CT molecular complexity index is 1650. The SMILES string of the molecule is Nc1ccc2c(O)c(N=Nc3cccc4ccc(S(=O)(=O)O)cc34)c(S(=O)(=O)O)cc2c1. The third-order valence-corrected chi connectivity index (χ3v) is 6.46. The summed E-state index contributed by atoms with van der Waals surface area (Å²) in [6.07, 6.45) is 0. The second kappa shape index (κ2) is 7.53. The number of phenolic OH excluding ortho intramolecular Hbond substituents is 1. The molecular weight excluding hydrogens is 458 g/mol. The molecule has 0 unspecified atom stereocenters. The molecule has 32 heavy (non-hydrogen) atoms. The molecule has 4 rings (SSSR count). The summed E-state index contributed by atoms with van der Waals surface area (Å²) in [4.78, 5) is -1.05. The summed E-state index contributed by atoms with van der Waals surface area (Å²) in [5, 5.41) is 19.8. The van der Waals surface area contributed by atoms with Crippen LogP contribution in [0.4, 0.5) is 17.1 Å². The molecule has 10 nitrogen and oxygen atoms in total. The molecule has 5 N–H and O–H groups in total. The zero-order chi connectivity index (χ0) is 23.3. The average Bonchev–Trinajstić information content (AvgIpc) is 2.71. The summed E-state index contributed by atoms with van der Waals surface area (Å²) in [6.45, 7) is 0. The Morgan fingerprint density at radius 1 is 0.750 bits per heavy atom. The number of hydrogen-bond donors (Lipinski definition) is 4. The van der Waals surface area contributed by atoms with Crippen molar-refractivity contribution in [1.82, 2.24) is 0 Å². The fourth-order valence-electron chi connectivity index (χ4n) is 3.25. The Labute approximate surface area is 182 Å². The van der Waals surface area contributed by atoms with Gasteiger partial charge in [-0.25, -0.2) is 0 Å². The number of phenols is 1. The smallest absolute Gasteiger partial charge is 0.296 e.